The number of rotatable bonds is 4. The summed E-state index contributed by atoms with van der Waals surface area (Å²) in [6.07, 6.45) is 1.67. The quantitative estimate of drug-likeness (QED) is 0.698. The van der Waals surface area contributed by atoms with Gasteiger partial charge < -0.3 is 21.3 Å². The Balaban J connectivity index is 2.11. The van der Waals surface area contributed by atoms with Gasteiger partial charge in [0.25, 0.3) is 5.91 Å². The van der Waals surface area contributed by atoms with Gasteiger partial charge in [-0.25, -0.2) is 4.98 Å². The van der Waals surface area contributed by atoms with Crippen molar-refractivity contribution in [1.82, 2.24) is 15.6 Å². The number of carbonyl (C=O) groups is 1. The Morgan fingerprint density at radius 2 is 2.32 bits per heavy atom. The Morgan fingerprint density at radius 1 is 1.63 bits per heavy atom. The summed E-state index contributed by atoms with van der Waals surface area (Å²) < 4.78 is 0. The summed E-state index contributed by atoms with van der Waals surface area (Å²) in [5, 5.41) is 6.90. The van der Waals surface area contributed by atoms with Crippen LogP contribution in [0.5, 0.6) is 0 Å². The van der Waals surface area contributed by atoms with E-state index in [0.29, 0.717) is 10.7 Å². The van der Waals surface area contributed by atoms with E-state index in [4.69, 9.17) is 5.73 Å². The fourth-order valence-electron chi connectivity index (χ4n) is 1.81. The lowest BCUT2D eigenvalue weighted by Gasteiger charge is -2.26. The topological polar surface area (TPSA) is 83.3 Å². The van der Waals surface area contributed by atoms with Gasteiger partial charge in [0, 0.05) is 32.2 Å². The van der Waals surface area contributed by atoms with Gasteiger partial charge in [0.05, 0.1) is 0 Å². The SMILES string of the molecule is C=CC(C)NC(=O)c1sc(N2CCNCC2)nc1N. The molecular weight excluding hydrogens is 262 g/mol. The first kappa shape index (κ1) is 13.8. The van der Waals surface area contributed by atoms with Gasteiger partial charge in [-0.3, -0.25) is 4.79 Å². The Morgan fingerprint density at radius 3 is 2.95 bits per heavy atom. The smallest absolute Gasteiger partial charge is 0.265 e. The zero-order valence-electron chi connectivity index (χ0n) is 11.0. The van der Waals surface area contributed by atoms with Crippen LogP contribution in [0.25, 0.3) is 0 Å². The van der Waals surface area contributed by atoms with Crippen molar-refractivity contribution in [2.24, 2.45) is 0 Å². The molecule has 1 aliphatic rings. The Hall–Kier alpha value is -1.60. The summed E-state index contributed by atoms with van der Waals surface area (Å²) in [5.74, 6) is 0.107. The standard InChI is InChI=1S/C12H19N5OS/c1-3-8(2)15-11(18)9-10(13)16-12(19-9)17-6-4-14-5-7-17/h3,8,14H,1,4-7,13H2,2H3,(H,15,18). The maximum atomic E-state index is 12.0. The number of nitrogen functional groups attached to an aromatic ring is 1. The number of hydrogen-bond acceptors (Lipinski definition) is 6. The predicted molar refractivity (Wildman–Crippen MR) is 78.7 cm³/mol. The first-order chi connectivity index (χ1) is 9.11. The van der Waals surface area contributed by atoms with Gasteiger partial charge in [-0.15, -0.1) is 6.58 Å². The van der Waals surface area contributed by atoms with Gasteiger partial charge in [-0.1, -0.05) is 17.4 Å². The van der Waals surface area contributed by atoms with Crippen LogP contribution in [0.15, 0.2) is 12.7 Å². The van der Waals surface area contributed by atoms with Gasteiger partial charge >= 0.3 is 0 Å². The molecule has 0 saturated carbocycles. The van der Waals surface area contributed by atoms with E-state index in [1.165, 1.54) is 11.3 Å². The normalized spacial score (nSPS) is 17.0. The van der Waals surface area contributed by atoms with E-state index in [-0.39, 0.29) is 11.9 Å². The largest absolute Gasteiger partial charge is 0.382 e. The molecule has 7 heteroatoms. The molecular formula is C12H19N5OS. The van der Waals surface area contributed by atoms with Gasteiger partial charge in [-0.2, -0.15) is 0 Å². The molecule has 0 bridgehead atoms. The molecule has 1 aromatic heterocycles. The van der Waals surface area contributed by atoms with Gasteiger partial charge in [0.2, 0.25) is 0 Å². The van der Waals surface area contributed by atoms with Crippen LogP contribution in [-0.2, 0) is 0 Å². The number of amides is 1. The van der Waals surface area contributed by atoms with Gasteiger partial charge in [0.15, 0.2) is 5.13 Å². The maximum Gasteiger partial charge on any atom is 0.265 e. The summed E-state index contributed by atoms with van der Waals surface area (Å²) in [7, 11) is 0. The van der Waals surface area contributed by atoms with E-state index < -0.39 is 0 Å². The molecule has 2 rings (SSSR count). The molecule has 104 valence electrons. The second kappa shape index (κ2) is 6.03. The van der Waals surface area contributed by atoms with Crippen molar-refractivity contribution in [2.75, 3.05) is 36.8 Å². The van der Waals surface area contributed by atoms with Crippen LogP contribution < -0.4 is 21.3 Å². The number of thiazole rings is 1. The van der Waals surface area contributed by atoms with Crippen molar-refractivity contribution >= 4 is 28.2 Å². The molecule has 19 heavy (non-hydrogen) atoms. The molecule has 4 N–H and O–H groups in total. The molecule has 1 fully saturated rings. The van der Waals surface area contributed by atoms with E-state index in [0.717, 1.165) is 31.3 Å². The highest BCUT2D eigenvalue weighted by Crippen LogP contribution is 2.28. The van der Waals surface area contributed by atoms with Gasteiger partial charge in [0.1, 0.15) is 10.7 Å². The van der Waals surface area contributed by atoms with Gasteiger partial charge in [-0.05, 0) is 6.92 Å². The number of carbonyl (C=O) groups excluding carboxylic acids is 1. The monoisotopic (exact) mass is 281 g/mol. The van der Waals surface area contributed by atoms with E-state index in [9.17, 15) is 4.79 Å². The zero-order chi connectivity index (χ0) is 13.8. The fraction of sp³-hybridized carbons (Fsp3) is 0.500. The minimum Gasteiger partial charge on any atom is -0.382 e. The van der Waals surface area contributed by atoms with Crippen LogP contribution in [0.1, 0.15) is 16.6 Å². The van der Waals surface area contributed by atoms with Crippen LogP contribution in [-0.4, -0.2) is 43.1 Å². The highest BCUT2D eigenvalue weighted by Gasteiger charge is 2.21. The number of nitrogens with zero attached hydrogens (tertiary/aromatic N) is 2. The molecule has 0 spiro atoms. The maximum absolute atomic E-state index is 12.0. The fourth-order valence-corrected chi connectivity index (χ4v) is 2.75. The first-order valence-corrected chi connectivity index (χ1v) is 7.09. The predicted octanol–water partition coefficient (Wildman–Crippen LogP) is 0.439. The lowest BCUT2D eigenvalue weighted by molar-refractivity contribution is 0.0951. The van der Waals surface area contributed by atoms with E-state index in [2.05, 4.69) is 27.1 Å². The molecule has 1 unspecified atom stereocenters. The van der Waals surface area contributed by atoms with Crippen molar-refractivity contribution in [2.45, 2.75) is 13.0 Å². The molecule has 6 nitrogen and oxygen atoms in total. The molecule has 0 radical (unpaired) electrons. The minimum absolute atomic E-state index is 0.0864. The zero-order valence-corrected chi connectivity index (χ0v) is 11.8. The first-order valence-electron chi connectivity index (χ1n) is 6.27. The molecule has 0 aromatic carbocycles. The van der Waals surface area contributed by atoms with Crippen molar-refractivity contribution in [3.05, 3.63) is 17.5 Å². The Kier molecular flexibility index (Phi) is 4.39. The Bertz CT molecular complexity index is 467. The van der Waals surface area contributed by atoms with Crippen molar-refractivity contribution in [3.63, 3.8) is 0 Å². The summed E-state index contributed by atoms with van der Waals surface area (Å²) in [6, 6.07) is -0.0864. The Labute approximate surface area is 116 Å². The minimum atomic E-state index is -0.191. The van der Waals surface area contributed by atoms with Crippen LogP contribution in [0, 0.1) is 0 Å². The summed E-state index contributed by atoms with van der Waals surface area (Å²) in [5.41, 5.74) is 5.84. The molecule has 1 atom stereocenters. The number of piperazine rings is 1. The summed E-state index contributed by atoms with van der Waals surface area (Å²) >= 11 is 1.34. The average molecular weight is 281 g/mol. The van der Waals surface area contributed by atoms with Crippen LogP contribution >= 0.6 is 11.3 Å². The van der Waals surface area contributed by atoms with Crippen molar-refractivity contribution < 1.29 is 4.79 Å². The average Bonchev–Trinajstić information content (AvgIpc) is 2.81. The third-order valence-corrected chi connectivity index (χ3v) is 4.08. The second-order valence-electron chi connectivity index (χ2n) is 4.45. The lowest BCUT2D eigenvalue weighted by Crippen LogP contribution is -2.43. The van der Waals surface area contributed by atoms with Crippen molar-refractivity contribution in [3.8, 4) is 0 Å². The highest BCUT2D eigenvalue weighted by molar-refractivity contribution is 7.18. The summed E-state index contributed by atoms with van der Waals surface area (Å²) in [4.78, 5) is 18.9. The lowest BCUT2D eigenvalue weighted by atomic mass is 10.3. The van der Waals surface area contributed by atoms with E-state index in [1.807, 2.05) is 6.92 Å². The number of nitrogens with two attached hydrogens (primary N) is 1. The van der Waals surface area contributed by atoms with E-state index in [1.54, 1.807) is 6.08 Å². The molecule has 1 aliphatic heterocycles. The summed E-state index contributed by atoms with van der Waals surface area (Å²) in [6.45, 7) is 9.12. The molecule has 1 amide bonds. The number of anilines is 2. The number of hydrogen-bond donors (Lipinski definition) is 3. The molecule has 2 heterocycles. The van der Waals surface area contributed by atoms with Crippen molar-refractivity contribution in [1.29, 1.82) is 0 Å². The number of aromatic nitrogens is 1. The van der Waals surface area contributed by atoms with Crippen LogP contribution in [0.2, 0.25) is 0 Å². The third kappa shape index (κ3) is 3.24. The number of nitrogens with one attached hydrogen (secondary N) is 2. The van der Waals surface area contributed by atoms with E-state index >= 15 is 0 Å². The second-order valence-corrected chi connectivity index (χ2v) is 5.42. The molecule has 1 aromatic rings. The van der Waals surface area contributed by atoms with Crippen LogP contribution in [0.3, 0.4) is 0 Å². The molecule has 1 saturated heterocycles. The molecule has 0 aliphatic carbocycles. The highest BCUT2D eigenvalue weighted by atomic mass is 32.1. The third-order valence-electron chi connectivity index (χ3n) is 2.95. The van der Waals surface area contributed by atoms with Crippen LogP contribution in [0.4, 0.5) is 10.9 Å².